The first kappa shape index (κ1) is 25.0. The van der Waals surface area contributed by atoms with Gasteiger partial charge in [-0.2, -0.15) is 0 Å². The third-order valence-corrected chi connectivity index (χ3v) is 8.13. The summed E-state index contributed by atoms with van der Waals surface area (Å²) in [5.41, 5.74) is 5.40. The molecule has 0 unspecified atom stereocenters. The summed E-state index contributed by atoms with van der Waals surface area (Å²) in [5.74, 6) is 0.417. The number of para-hydroxylation sites is 1. The summed E-state index contributed by atoms with van der Waals surface area (Å²) in [6, 6.07) is 21.2. The van der Waals surface area contributed by atoms with E-state index in [4.69, 9.17) is 9.47 Å². The van der Waals surface area contributed by atoms with Crippen LogP contribution in [0.3, 0.4) is 0 Å². The van der Waals surface area contributed by atoms with E-state index in [-0.39, 0.29) is 29.4 Å². The zero-order valence-electron chi connectivity index (χ0n) is 21.9. The first-order chi connectivity index (χ1) is 17.9. The first-order valence-corrected chi connectivity index (χ1v) is 12.8. The summed E-state index contributed by atoms with van der Waals surface area (Å²) >= 11 is 0. The fourth-order valence-corrected chi connectivity index (χ4v) is 6.31. The highest BCUT2D eigenvalue weighted by Crippen LogP contribution is 2.52. The number of piperidine rings is 1. The van der Waals surface area contributed by atoms with Crippen LogP contribution in [0.1, 0.15) is 61.9 Å². The SMILES string of the molecule is COc1ccccc1C(=O)N[C@@H]1c2ccccc2C2(CCN(C(=O)c3ccc(C)cc3C)CC2)[C@H]1OC. The van der Waals surface area contributed by atoms with E-state index in [1.807, 2.05) is 55.1 Å². The van der Waals surface area contributed by atoms with Crippen LogP contribution in [0.25, 0.3) is 0 Å². The van der Waals surface area contributed by atoms with E-state index in [1.54, 1.807) is 26.4 Å². The topological polar surface area (TPSA) is 67.9 Å². The largest absolute Gasteiger partial charge is 0.496 e. The van der Waals surface area contributed by atoms with Crippen LogP contribution in [0.2, 0.25) is 0 Å². The van der Waals surface area contributed by atoms with Crippen LogP contribution in [-0.2, 0) is 10.2 Å². The number of hydrogen-bond donors (Lipinski definition) is 1. The molecule has 0 saturated carbocycles. The molecular weight excluding hydrogens is 464 g/mol. The Balaban J connectivity index is 1.41. The molecule has 1 aliphatic heterocycles. The lowest BCUT2D eigenvalue weighted by atomic mass is 9.71. The highest BCUT2D eigenvalue weighted by Gasteiger charge is 2.54. The van der Waals surface area contributed by atoms with Crippen LogP contribution in [0.15, 0.2) is 66.7 Å². The second kappa shape index (κ2) is 10.0. The molecule has 5 rings (SSSR count). The summed E-state index contributed by atoms with van der Waals surface area (Å²) in [6.07, 6.45) is 1.28. The van der Waals surface area contributed by atoms with Crippen LogP contribution < -0.4 is 10.1 Å². The van der Waals surface area contributed by atoms with Crippen molar-refractivity contribution >= 4 is 11.8 Å². The van der Waals surface area contributed by atoms with E-state index in [0.717, 1.165) is 35.1 Å². The van der Waals surface area contributed by atoms with Gasteiger partial charge in [-0.15, -0.1) is 0 Å². The number of nitrogens with one attached hydrogen (secondary N) is 1. The van der Waals surface area contributed by atoms with E-state index in [9.17, 15) is 9.59 Å². The van der Waals surface area contributed by atoms with Crippen molar-refractivity contribution in [2.75, 3.05) is 27.3 Å². The Hall–Kier alpha value is -3.64. The number of methoxy groups -OCH3 is 2. The molecule has 0 aromatic heterocycles. The number of carbonyl (C=O) groups excluding carboxylic acids is 2. The number of amides is 2. The van der Waals surface area contributed by atoms with Gasteiger partial charge in [-0.3, -0.25) is 9.59 Å². The van der Waals surface area contributed by atoms with Gasteiger partial charge in [-0.1, -0.05) is 54.1 Å². The Morgan fingerprint density at radius 3 is 2.32 bits per heavy atom. The van der Waals surface area contributed by atoms with Gasteiger partial charge in [-0.05, 0) is 61.6 Å². The van der Waals surface area contributed by atoms with Gasteiger partial charge in [0, 0.05) is 31.2 Å². The normalized spacial score (nSPS) is 19.9. The summed E-state index contributed by atoms with van der Waals surface area (Å²) in [6.45, 7) is 5.30. The summed E-state index contributed by atoms with van der Waals surface area (Å²) < 4.78 is 11.6. The lowest BCUT2D eigenvalue weighted by Crippen LogP contribution is -2.51. The fraction of sp³-hybridized carbons (Fsp3) is 0.355. The number of benzene rings is 3. The first-order valence-electron chi connectivity index (χ1n) is 12.8. The summed E-state index contributed by atoms with van der Waals surface area (Å²) in [5, 5.41) is 3.25. The van der Waals surface area contributed by atoms with Gasteiger partial charge in [0.1, 0.15) is 5.75 Å². The molecule has 2 amide bonds. The highest BCUT2D eigenvalue weighted by atomic mass is 16.5. The third kappa shape index (κ3) is 4.29. The van der Waals surface area contributed by atoms with Gasteiger partial charge in [0.05, 0.1) is 24.8 Å². The zero-order chi connectivity index (χ0) is 26.2. The standard InChI is InChI=1S/C31H34N2O4/c1-20-13-14-22(21(2)19-20)30(35)33-17-15-31(16-18-33)25-11-7-5-9-23(25)27(28(31)37-4)32-29(34)24-10-6-8-12-26(24)36-3/h5-14,19,27-28H,15-18H2,1-4H3,(H,32,34)/t27-,28+/m1/s1. The highest BCUT2D eigenvalue weighted by molar-refractivity contribution is 5.97. The smallest absolute Gasteiger partial charge is 0.255 e. The lowest BCUT2D eigenvalue weighted by Gasteiger charge is -2.44. The van der Waals surface area contributed by atoms with E-state index in [0.29, 0.717) is 24.4 Å². The molecule has 1 N–H and O–H groups in total. The van der Waals surface area contributed by atoms with Crippen molar-refractivity contribution in [3.63, 3.8) is 0 Å². The molecular formula is C31H34N2O4. The Labute approximate surface area is 218 Å². The van der Waals surface area contributed by atoms with Crippen molar-refractivity contribution in [3.05, 3.63) is 100 Å². The molecule has 37 heavy (non-hydrogen) atoms. The van der Waals surface area contributed by atoms with Crippen molar-refractivity contribution in [3.8, 4) is 5.75 Å². The fourth-order valence-electron chi connectivity index (χ4n) is 6.31. The van der Waals surface area contributed by atoms with Crippen LogP contribution >= 0.6 is 0 Å². The van der Waals surface area contributed by atoms with Gasteiger partial charge >= 0.3 is 0 Å². The summed E-state index contributed by atoms with van der Waals surface area (Å²) in [4.78, 5) is 28.7. The van der Waals surface area contributed by atoms with E-state index in [2.05, 4.69) is 23.5 Å². The van der Waals surface area contributed by atoms with E-state index >= 15 is 0 Å². The molecule has 2 atom stereocenters. The van der Waals surface area contributed by atoms with Crippen LogP contribution in [0.5, 0.6) is 5.75 Å². The molecule has 192 valence electrons. The minimum atomic E-state index is -0.305. The predicted octanol–water partition coefficient (Wildman–Crippen LogP) is 4.99. The second-order valence-electron chi connectivity index (χ2n) is 10.2. The van der Waals surface area contributed by atoms with Gasteiger partial charge in [0.2, 0.25) is 0 Å². The van der Waals surface area contributed by atoms with Crippen molar-refractivity contribution < 1.29 is 19.1 Å². The number of fused-ring (bicyclic) bond motifs is 2. The Bertz CT molecular complexity index is 1330. The molecule has 1 saturated heterocycles. The van der Waals surface area contributed by atoms with Crippen molar-refractivity contribution in [2.45, 2.75) is 44.2 Å². The van der Waals surface area contributed by atoms with E-state index in [1.165, 1.54) is 5.56 Å². The maximum absolute atomic E-state index is 13.4. The number of rotatable bonds is 5. The van der Waals surface area contributed by atoms with Crippen LogP contribution in [-0.4, -0.2) is 50.1 Å². The minimum absolute atomic E-state index is 0.0774. The maximum Gasteiger partial charge on any atom is 0.255 e. The molecule has 1 spiro atoms. The molecule has 3 aromatic rings. The molecule has 2 aliphatic rings. The predicted molar refractivity (Wildman–Crippen MR) is 143 cm³/mol. The third-order valence-electron chi connectivity index (χ3n) is 8.13. The number of likely N-dealkylation sites (tertiary alicyclic amines) is 1. The molecule has 1 fully saturated rings. The number of hydrogen-bond acceptors (Lipinski definition) is 4. The Morgan fingerprint density at radius 2 is 1.62 bits per heavy atom. The Morgan fingerprint density at radius 1 is 0.919 bits per heavy atom. The average molecular weight is 499 g/mol. The lowest BCUT2D eigenvalue weighted by molar-refractivity contribution is -0.00931. The molecule has 0 radical (unpaired) electrons. The monoisotopic (exact) mass is 498 g/mol. The van der Waals surface area contributed by atoms with Gasteiger partial charge < -0.3 is 19.7 Å². The number of carbonyl (C=O) groups is 2. The van der Waals surface area contributed by atoms with Crippen molar-refractivity contribution in [2.24, 2.45) is 0 Å². The molecule has 1 heterocycles. The molecule has 1 aliphatic carbocycles. The minimum Gasteiger partial charge on any atom is -0.496 e. The second-order valence-corrected chi connectivity index (χ2v) is 10.2. The number of aryl methyl sites for hydroxylation is 2. The molecule has 0 bridgehead atoms. The van der Waals surface area contributed by atoms with Crippen molar-refractivity contribution in [1.82, 2.24) is 10.2 Å². The van der Waals surface area contributed by atoms with Crippen LogP contribution in [0.4, 0.5) is 0 Å². The van der Waals surface area contributed by atoms with Gasteiger partial charge in [0.25, 0.3) is 11.8 Å². The molecule has 3 aromatic carbocycles. The summed E-state index contributed by atoms with van der Waals surface area (Å²) in [7, 11) is 3.28. The Kier molecular flexibility index (Phi) is 6.78. The van der Waals surface area contributed by atoms with E-state index < -0.39 is 0 Å². The quantitative estimate of drug-likeness (QED) is 0.539. The van der Waals surface area contributed by atoms with Gasteiger partial charge in [-0.25, -0.2) is 0 Å². The van der Waals surface area contributed by atoms with Crippen molar-refractivity contribution in [1.29, 1.82) is 0 Å². The zero-order valence-corrected chi connectivity index (χ0v) is 21.9. The number of ether oxygens (including phenoxy) is 2. The molecule has 6 heteroatoms. The molecule has 6 nitrogen and oxygen atoms in total. The average Bonchev–Trinajstić information content (AvgIpc) is 3.16. The maximum atomic E-state index is 13.4. The van der Waals surface area contributed by atoms with Gasteiger partial charge in [0.15, 0.2) is 0 Å². The number of nitrogens with zero attached hydrogens (tertiary/aromatic N) is 1. The van der Waals surface area contributed by atoms with Crippen LogP contribution in [0, 0.1) is 13.8 Å².